The van der Waals surface area contributed by atoms with E-state index in [1.165, 1.54) is 6.07 Å². The van der Waals surface area contributed by atoms with Crippen LogP contribution >= 0.6 is 11.6 Å². The number of hydrogen-bond acceptors (Lipinski definition) is 1. The standard InChI is InChI=1S/C12H17ClFN/c1-8(2)15-5-4-10-7-12(14)9(3)6-11(10)13/h6-8,15H,4-5H2,1-3H3. The lowest BCUT2D eigenvalue weighted by Gasteiger charge is -2.09. The van der Waals surface area contributed by atoms with Crippen molar-refractivity contribution >= 4 is 11.6 Å². The van der Waals surface area contributed by atoms with Gasteiger partial charge in [-0.15, -0.1) is 0 Å². The Morgan fingerprint density at radius 1 is 1.40 bits per heavy atom. The summed E-state index contributed by atoms with van der Waals surface area (Å²) in [6.45, 7) is 6.70. The van der Waals surface area contributed by atoms with E-state index in [-0.39, 0.29) is 5.82 Å². The lowest BCUT2D eigenvalue weighted by molar-refractivity contribution is 0.586. The zero-order valence-corrected chi connectivity index (χ0v) is 10.2. The molecule has 1 N–H and O–H groups in total. The summed E-state index contributed by atoms with van der Waals surface area (Å²) in [5, 5.41) is 3.93. The van der Waals surface area contributed by atoms with Crippen LogP contribution in [0.5, 0.6) is 0 Å². The highest BCUT2D eigenvalue weighted by molar-refractivity contribution is 6.31. The molecule has 84 valence electrons. The minimum absolute atomic E-state index is 0.182. The van der Waals surface area contributed by atoms with Gasteiger partial charge in [0.25, 0.3) is 0 Å². The number of benzene rings is 1. The number of halogens is 2. The van der Waals surface area contributed by atoms with Gasteiger partial charge in [-0.2, -0.15) is 0 Å². The Bertz CT molecular complexity index is 337. The van der Waals surface area contributed by atoms with E-state index in [1.807, 2.05) is 0 Å². The fourth-order valence-corrected chi connectivity index (χ4v) is 1.69. The summed E-state index contributed by atoms with van der Waals surface area (Å²) in [6, 6.07) is 3.65. The molecule has 0 aliphatic carbocycles. The maximum Gasteiger partial charge on any atom is 0.126 e. The molecule has 1 aromatic rings. The molecule has 3 heteroatoms. The van der Waals surface area contributed by atoms with Crippen LogP contribution in [0.1, 0.15) is 25.0 Å². The van der Waals surface area contributed by atoms with Crippen LogP contribution in [-0.4, -0.2) is 12.6 Å². The Labute approximate surface area is 95.6 Å². The largest absolute Gasteiger partial charge is 0.314 e. The molecular formula is C12H17ClFN. The molecule has 0 atom stereocenters. The van der Waals surface area contributed by atoms with Gasteiger partial charge in [-0.1, -0.05) is 25.4 Å². The van der Waals surface area contributed by atoms with Gasteiger partial charge >= 0.3 is 0 Å². The van der Waals surface area contributed by atoms with E-state index in [0.29, 0.717) is 16.6 Å². The van der Waals surface area contributed by atoms with Crippen LogP contribution in [0.4, 0.5) is 4.39 Å². The SMILES string of the molecule is Cc1cc(Cl)c(CCNC(C)C)cc1F. The summed E-state index contributed by atoms with van der Waals surface area (Å²) in [5.74, 6) is -0.182. The van der Waals surface area contributed by atoms with E-state index >= 15 is 0 Å². The Hall–Kier alpha value is -0.600. The van der Waals surface area contributed by atoms with Crippen molar-refractivity contribution < 1.29 is 4.39 Å². The fourth-order valence-electron chi connectivity index (χ4n) is 1.37. The van der Waals surface area contributed by atoms with Crippen LogP contribution in [0.3, 0.4) is 0 Å². The number of hydrogen-bond donors (Lipinski definition) is 1. The summed E-state index contributed by atoms with van der Waals surface area (Å²) in [6.07, 6.45) is 0.758. The van der Waals surface area contributed by atoms with Gasteiger partial charge in [0.1, 0.15) is 5.82 Å². The average Bonchev–Trinajstić information content (AvgIpc) is 2.13. The van der Waals surface area contributed by atoms with Crippen LogP contribution in [0.2, 0.25) is 5.02 Å². The van der Waals surface area contributed by atoms with E-state index in [1.54, 1.807) is 13.0 Å². The van der Waals surface area contributed by atoms with Gasteiger partial charge in [0.2, 0.25) is 0 Å². The molecule has 1 aromatic carbocycles. The smallest absolute Gasteiger partial charge is 0.126 e. The van der Waals surface area contributed by atoms with Crippen LogP contribution in [-0.2, 0) is 6.42 Å². The molecule has 0 aliphatic rings. The Kier molecular flexibility index (Phi) is 4.55. The molecular weight excluding hydrogens is 213 g/mol. The lowest BCUT2D eigenvalue weighted by atomic mass is 10.1. The van der Waals surface area contributed by atoms with Crippen molar-refractivity contribution in [1.82, 2.24) is 5.32 Å². The van der Waals surface area contributed by atoms with E-state index in [0.717, 1.165) is 18.5 Å². The Balaban J connectivity index is 2.65. The Morgan fingerprint density at radius 3 is 2.67 bits per heavy atom. The summed E-state index contributed by atoms with van der Waals surface area (Å²) in [4.78, 5) is 0. The van der Waals surface area contributed by atoms with Crippen molar-refractivity contribution in [3.8, 4) is 0 Å². The molecule has 0 amide bonds. The molecule has 0 unspecified atom stereocenters. The highest BCUT2D eigenvalue weighted by atomic mass is 35.5. The molecule has 0 saturated carbocycles. The third kappa shape index (κ3) is 3.80. The second-order valence-electron chi connectivity index (χ2n) is 4.05. The minimum Gasteiger partial charge on any atom is -0.314 e. The zero-order chi connectivity index (χ0) is 11.4. The first kappa shape index (κ1) is 12.5. The molecule has 1 nitrogen and oxygen atoms in total. The highest BCUT2D eigenvalue weighted by Gasteiger charge is 2.05. The highest BCUT2D eigenvalue weighted by Crippen LogP contribution is 2.20. The van der Waals surface area contributed by atoms with Crippen molar-refractivity contribution in [2.24, 2.45) is 0 Å². The van der Waals surface area contributed by atoms with E-state index in [2.05, 4.69) is 19.2 Å². The van der Waals surface area contributed by atoms with Crippen LogP contribution in [0, 0.1) is 12.7 Å². The molecule has 0 saturated heterocycles. The maximum absolute atomic E-state index is 13.3. The van der Waals surface area contributed by atoms with Crippen molar-refractivity contribution in [3.05, 3.63) is 34.1 Å². The molecule has 0 bridgehead atoms. The fraction of sp³-hybridized carbons (Fsp3) is 0.500. The summed E-state index contributed by atoms with van der Waals surface area (Å²) < 4.78 is 13.3. The molecule has 15 heavy (non-hydrogen) atoms. The topological polar surface area (TPSA) is 12.0 Å². The van der Waals surface area contributed by atoms with Crippen LogP contribution in [0.15, 0.2) is 12.1 Å². The first-order valence-corrected chi connectivity index (χ1v) is 5.56. The summed E-state index contributed by atoms with van der Waals surface area (Å²) in [7, 11) is 0. The molecule has 0 spiro atoms. The Morgan fingerprint density at radius 2 is 2.07 bits per heavy atom. The van der Waals surface area contributed by atoms with Crippen molar-refractivity contribution in [2.75, 3.05) is 6.54 Å². The van der Waals surface area contributed by atoms with Crippen LogP contribution in [0.25, 0.3) is 0 Å². The first-order chi connectivity index (χ1) is 7.00. The molecule has 0 aromatic heterocycles. The van der Waals surface area contributed by atoms with Gasteiger partial charge in [-0.05, 0) is 43.1 Å². The van der Waals surface area contributed by atoms with Gasteiger partial charge in [0, 0.05) is 11.1 Å². The third-order valence-corrected chi connectivity index (χ3v) is 2.63. The quantitative estimate of drug-likeness (QED) is 0.835. The lowest BCUT2D eigenvalue weighted by Crippen LogP contribution is -2.25. The number of rotatable bonds is 4. The predicted molar refractivity (Wildman–Crippen MR) is 63.0 cm³/mol. The van der Waals surface area contributed by atoms with E-state index in [9.17, 15) is 4.39 Å². The normalized spacial score (nSPS) is 11.1. The van der Waals surface area contributed by atoms with Gasteiger partial charge in [0.15, 0.2) is 0 Å². The van der Waals surface area contributed by atoms with Crippen molar-refractivity contribution in [3.63, 3.8) is 0 Å². The average molecular weight is 230 g/mol. The molecule has 0 fully saturated rings. The predicted octanol–water partition coefficient (Wildman–Crippen LogP) is 3.33. The van der Waals surface area contributed by atoms with Crippen molar-refractivity contribution in [2.45, 2.75) is 33.2 Å². The van der Waals surface area contributed by atoms with Gasteiger partial charge in [0.05, 0.1) is 0 Å². The second-order valence-corrected chi connectivity index (χ2v) is 4.46. The molecule has 0 heterocycles. The maximum atomic E-state index is 13.3. The molecule has 0 radical (unpaired) electrons. The minimum atomic E-state index is -0.182. The summed E-state index contributed by atoms with van der Waals surface area (Å²) in [5.41, 5.74) is 1.47. The van der Waals surface area contributed by atoms with E-state index in [4.69, 9.17) is 11.6 Å². The first-order valence-electron chi connectivity index (χ1n) is 5.18. The molecule has 1 rings (SSSR count). The van der Waals surface area contributed by atoms with Crippen LogP contribution < -0.4 is 5.32 Å². The second kappa shape index (κ2) is 5.47. The van der Waals surface area contributed by atoms with Gasteiger partial charge < -0.3 is 5.32 Å². The van der Waals surface area contributed by atoms with Gasteiger partial charge in [-0.3, -0.25) is 0 Å². The zero-order valence-electron chi connectivity index (χ0n) is 9.40. The molecule has 0 aliphatic heterocycles. The third-order valence-electron chi connectivity index (χ3n) is 2.27. The number of aryl methyl sites for hydroxylation is 1. The number of nitrogens with one attached hydrogen (secondary N) is 1. The monoisotopic (exact) mass is 229 g/mol. The summed E-state index contributed by atoms with van der Waals surface area (Å²) >= 11 is 6.02. The van der Waals surface area contributed by atoms with E-state index < -0.39 is 0 Å². The van der Waals surface area contributed by atoms with Gasteiger partial charge in [-0.25, -0.2) is 4.39 Å². The van der Waals surface area contributed by atoms with Crippen molar-refractivity contribution in [1.29, 1.82) is 0 Å².